The van der Waals surface area contributed by atoms with Crippen LogP contribution in [-0.4, -0.2) is 29.4 Å². The summed E-state index contributed by atoms with van der Waals surface area (Å²) in [5, 5.41) is 7.81. The first-order valence-electron chi connectivity index (χ1n) is 6.03. The van der Waals surface area contributed by atoms with Crippen LogP contribution in [0.5, 0.6) is 0 Å². The second kappa shape index (κ2) is 6.52. The van der Waals surface area contributed by atoms with Crippen molar-refractivity contribution in [2.24, 2.45) is 0 Å². The summed E-state index contributed by atoms with van der Waals surface area (Å²) in [5.41, 5.74) is 0. The van der Waals surface area contributed by atoms with E-state index in [0.29, 0.717) is 6.73 Å². The van der Waals surface area contributed by atoms with Crippen molar-refractivity contribution in [3.8, 4) is 0 Å². The Balaban J connectivity index is 2.39. The maximum absolute atomic E-state index is 6.15. The Hall–Kier alpha value is -0.393. The molecule has 6 heteroatoms. The van der Waals surface area contributed by atoms with Gasteiger partial charge in [-0.25, -0.2) is 0 Å². The molecule has 0 aliphatic heterocycles. The molecule has 0 aliphatic rings. The van der Waals surface area contributed by atoms with Crippen molar-refractivity contribution in [1.82, 2.24) is 14.8 Å². The van der Waals surface area contributed by atoms with Crippen molar-refractivity contribution in [3.05, 3.63) is 12.2 Å². The quantitative estimate of drug-likeness (QED) is 0.436. The Morgan fingerprint density at radius 3 is 2.76 bits per heavy atom. The van der Waals surface area contributed by atoms with E-state index in [-0.39, 0.29) is 5.38 Å². The molecule has 17 heavy (non-hydrogen) atoms. The van der Waals surface area contributed by atoms with Crippen LogP contribution in [0.15, 0.2) is 6.33 Å². The number of hydrogen-bond acceptors (Lipinski definition) is 3. The van der Waals surface area contributed by atoms with Gasteiger partial charge < -0.3 is 4.74 Å². The summed E-state index contributed by atoms with van der Waals surface area (Å²) in [4.78, 5) is 0. The summed E-state index contributed by atoms with van der Waals surface area (Å²) < 4.78 is 7.53. The topological polar surface area (TPSA) is 39.9 Å². The first-order chi connectivity index (χ1) is 7.94. The molecule has 1 heterocycles. The van der Waals surface area contributed by atoms with E-state index >= 15 is 0 Å². The zero-order valence-electron chi connectivity index (χ0n) is 11.1. The smallest absolute Gasteiger partial charge is 0.152 e. The molecule has 1 rings (SSSR count). The molecule has 0 amide bonds. The summed E-state index contributed by atoms with van der Waals surface area (Å²) in [7, 11) is -1.01. The van der Waals surface area contributed by atoms with Crippen LogP contribution < -0.4 is 0 Å². The Morgan fingerprint density at radius 2 is 2.18 bits per heavy atom. The molecule has 0 saturated carbocycles. The van der Waals surface area contributed by atoms with Crippen LogP contribution in [0.4, 0.5) is 0 Å². The first-order valence-corrected chi connectivity index (χ1v) is 10.2. The van der Waals surface area contributed by atoms with Gasteiger partial charge in [0.05, 0.1) is 5.38 Å². The number of aromatic nitrogens is 3. The fourth-order valence-corrected chi connectivity index (χ4v) is 2.26. The van der Waals surface area contributed by atoms with Crippen molar-refractivity contribution in [2.45, 2.75) is 51.1 Å². The molecule has 1 unspecified atom stereocenters. The predicted octanol–water partition coefficient (Wildman–Crippen LogP) is 3.28. The third-order valence-electron chi connectivity index (χ3n) is 2.51. The maximum Gasteiger partial charge on any atom is 0.152 e. The molecule has 0 fully saturated rings. The van der Waals surface area contributed by atoms with Gasteiger partial charge in [0, 0.05) is 14.7 Å². The minimum absolute atomic E-state index is 0.0851. The fraction of sp³-hybridized carbons (Fsp3) is 0.818. The largest absolute Gasteiger partial charge is 0.361 e. The second-order valence-electron chi connectivity index (χ2n) is 5.38. The average Bonchev–Trinajstić information content (AvgIpc) is 2.70. The van der Waals surface area contributed by atoms with E-state index in [2.05, 4.69) is 29.8 Å². The van der Waals surface area contributed by atoms with Crippen molar-refractivity contribution in [1.29, 1.82) is 0 Å². The van der Waals surface area contributed by atoms with Gasteiger partial charge in [0.25, 0.3) is 0 Å². The van der Waals surface area contributed by atoms with Crippen molar-refractivity contribution < 1.29 is 4.74 Å². The van der Waals surface area contributed by atoms with Gasteiger partial charge >= 0.3 is 0 Å². The molecule has 1 atom stereocenters. The molecule has 0 aromatic carbocycles. The van der Waals surface area contributed by atoms with E-state index in [0.717, 1.165) is 18.9 Å². The normalized spacial score (nSPS) is 13.9. The summed E-state index contributed by atoms with van der Waals surface area (Å²) in [6, 6.07) is 1.17. The zero-order valence-corrected chi connectivity index (χ0v) is 12.9. The minimum Gasteiger partial charge on any atom is -0.361 e. The molecule has 0 spiro atoms. The van der Waals surface area contributed by atoms with Crippen molar-refractivity contribution >= 4 is 19.7 Å². The highest BCUT2D eigenvalue weighted by Crippen LogP contribution is 2.21. The Kier molecular flexibility index (Phi) is 5.62. The summed E-state index contributed by atoms with van der Waals surface area (Å²) in [6.45, 7) is 10.3. The Labute approximate surface area is 109 Å². The highest BCUT2D eigenvalue weighted by molar-refractivity contribution is 6.76. The van der Waals surface area contributed by atoms with Crippen LogP contribution in [0.25, 0.3) is 0 Å². The first kappa shape index (κ1) is 14.7. The SMILES string of the molecule is CCC(Cl)c1nncn1COCC[Si](C)(C)C. The maximum atomic E-state index is 6.15. The third-order valence-corrected chi connectivity index (χ3v) is 4.72. The Bertz CT molecular complexity index is 338. The van der Waals surface area contributed by atoms with Crippen LogP contribution in [0.2, 0.25) is 25.7 Å². The summed E-state index contributed by atoms with van der Waals surface area (Å²) in [6.07, 6.45) is 2.52. The van der Waals surface area contributed by atoms with Crippen LogP contribution in [0.1, 0.15) is 24.5 Å². The van der Waals surface area contributed by atoms with Gasteiger partial charge in [-0.1, -0.05) is 26.6 Å². The van der Waals surface area contributed by atoms with Crippen LogP contribution in [0, 0.1) is 0 Å². The molecule has 4 nitrogen and oxygen atoms in total. The zero-order chi connectivity index (χ0) is 12.9. The second-order valence-corrected chi connectivity index (χ2v) is 11.5. The molecule has 0 saturated heterocycles. The number of rotatable bonds is 7. The minimum atomic E-state index is -1.01. The van der Waals surface area contributed by atoms with E-state index in [1.54, 1.807) is 6.33 Å². The highest BCUT2D eigenvalue weighted by Gasteiger charge is 2.14. The van der Waals surface area contributed by atoms with E-state index in [1.165, 1.54) is 6.04 Å². The lowest BCUT2D eigenvalue weighted by molar-refractivity contribution is 0.0847. The number of alkyl halides is 1. The number of nitrogens with zero attached hydrogens (tertiary/aromatic N) is 3. The van der Waals surface area contributed by atoms with Crippen molar-refractivity contribution in [3.63, 3.8) is 0 Å². The van der Waals surface area contributed by atoms with Gasteiger partial charge in [-0.15, -0.1) is 21.8 Å². The van der Waals surface area contributed by atoms with Gasteiger partial charge in [-0.05, 0) is 12.5 Å². The summed E-state index contributed by atoms with van der Waals surface area (Å²) in [5.74, 6) is 0.794. The molecule has 1 aromatic heterocycles. The van der Waals surface area contributed by atoms with E-state index in [1.807, 2.05) is 11.5 Å². The molecule has 0 aliphatic carbocycles. The molecule has 0 N–H and O–H groups in total. The van der Waals surface area contributed by atoms with Gasteiger partial charge in [0.1, 0.15) is 13.1 Å². The number of hydrogen-bond donors (Lipinski definition) is 0. The molecule has 98 valence electrons. The number of halogens is 1. The van der Waals surface area contributed by atoms with E-state index in [4.69, 9.17) is 16.3 Å². The average molecular weight is 276 g/mol. The fourth-order valence-electron chi connectivity index (χ4n) is 1.33. The van der Waals surface area contributed by atoms with Crippen molar-refractivity contribution in [2.75, 3.05) is 6.61 Å². The molecule has 0 radical (unpaired) electrons. The van der Waals surface area contributed by atoms with Crippen LogP contribution in [0.3, 0.4) is 0 Å². The highest BCUT2D eigenvalue weighted by atomic mass is 35.5. The lowest BCUT2D eigenvalue weighted by Crippen LogP contribution is -2.22. The van der Waals surface area contributed by atoms with Gasteiger partial charge in [-0.3, -0.25) is 4.57 Å². The van der Waals surface area contributed by atoms with Crippen LogP contribution >= 0.6 is 11.6 Å². The lowest BCUT2D eigenvalue weighted by atomic mass is 10.3. The monoisotopic (exact) mass is 275 g/mol. The lowest BCUT2D eigenvalue weighted by Gasteiger charge is -2.16. The van der Waals surface area contributed by atoms with Gasteiger partial charge in [0.2, 0.25) is 0 Å². The Morgan fingerprint density at radius 1 is 1.47 bits per heavy atom. The van der Waals surface area contributed by atoms with E-state index < -0.39 is 8.07 Å². The third kappa shape index (κ3) is 5.19. The standard InChI is InChI=1S/C11H22ClN3OSi/c1-5-10(12)11-14-13-8-15(11)9-16-6-7-17(2,3)4/h8,10H,5-7,9H2,1-4H3. The molecular formula is C11H22ClN3OSi. The molecular weight excluding hydrogens is 254 g/mol. The van der Waals surface area contributed by atoms with Gasteiger partial charge in [0.15, 0.2) is 5.82 Å². The molecule has 1 aromatic rings. The van der Waals surface area contributed by atoms with E-state index in [9.17, 15) is 0 Å². The molecule has 0 bridgehead atoms. The van der Waals surface area contributed by atoms with Gasteiger partial charge in [-0.2, -0.15) is 0 Å². The number of ether oxygens (including phenoxy) is 1. The summed E-state index contributed by atoms with van der Waals surface area (Å²) >= 11 is 6.15. The predicted molar refractivity (Wildman–Crippen MR) is 73.0 cm³/mol. The van der Waals surface area contributed by atoms with Crippen LogP contribution in [-0.2, 0) is 11.5 Å².